The Morgan fingerprint density at radius 2 is 1.97 bits per heavy atom. The highest BCUT2D eigenvalue weighted by molar-refractivity contribution is 14.0. The molecule has 0 aliphatic carbocycles. The van der Waals surface area contributed by atoms with Gasteiger partial charge in [-0.25, -0.2) is 0 Å². The van der Waals surface area contributed by atoms with E-state index in [1.807, 2.05) is 42.5 Å². The SMILES string of the molecule is CN=C(NCc1cccc(OCC(N)=O)c1)N1CCC(COCc2ccccc2)C1.I. The molecular weight excluding hydrogens is 507 g/mol. The fourth-order valence-electron chi connectivity index (χ4n) is 3.49. The molecule has 3 N–H and O–H groups in total. The maximum absolute atomic E-state index is 10.9. The van der Waals surface area contributed by atoms with E-state index in [-0.39, 0.29) is 30.6 Å². The van der Waals surface area contributed by atoms with Crippen molar-refractivity contribution in [3.63, 3.8) is 0 Å². The van der Waals surface area contributed by atoms with Crippen molar-refractivity contribution in [2.24, 2.45) is 16.6 Å². The molecule has 1 unspecified atom stereocenters. The molecule has 1 aliphatic rings. The van der Waals surface area contributed by atoms with E-state index in [4.69, 9.17) is 15.2 Å². The van der Waals surface area contributed by atoms with Crippen LogP contribution in [0.25, 0.3) is 0 Å². The van der Waals surface area contributed by atoms with Crippen LogP contribution in [0.5, 0.6) is 5.75 Å². The Hall–Kier alpha value is -2.33. The van der Waals surface area contributed by atoms with Crippen LogP contribution in [-0.4, -0.2) is 50.1 Å². The van der Waals surface area contributed by atoms with Crippen molar-refractivity contribution in [2.45, 2.75) is 19.6 Å². The van der Waals surface area contributed by atoms with Gasteiger partial charge in [-0.2, -0.15) is 0 Å². The molecule has 2 aromatic rings. The molecule has 1 fully saturated rings. The number of carbonyl (C=O) groups excluding carboxylic acids is 1. The second kappa shape index (κ2) is 13.2. The van der Waals surface area contributed by atoms with Crippen LogP contribution in [-0.2, 0) is 22.7 Å². The number of halogens is 1. The number of nitrogens with two attached hydrogens (primary N) is 1. The van der Waals surface area contributed by atoms with E-state index < -0.39 is 5.91 Å². The van der Waals surface area contributed by atoms with Crippen molar-refractivity contribution in [1.29, 1.82) is 0 Å². The van der Waals surface area contributed by atoms with E-state index >= 15 is 0 Å². The normalized spacial score (nSPS) is 16.0. The standard InChI is InChI=1S/C23H30N4O3.HI/c1-25-23(26-13-19-8-5-9-21(12-19)30-17-22(24)28)27-11-10-20(14-27)16-29-15-18-6-3-2-4-7-18;/h2-9,12,20H,10-11,13-17H2,1H3,(H2,24,28)(H,25,26);1H. The third-order valence-corrected chi connectivity index (χ3v) is 4.99. The van der Waals surface area contributed by atoms with Crippen molar-refractivity contribution < 1.29 is 14.3 Å². The minimum atomic E-state index is -0.490. The number of amides is 1. The van der Waals surface area contributed by atoms with Crippen LogP contribution in [0.4, 0.5) is 0 Å². The summed E-state index contributed by atoms with van der Waals surface area (Å²) in [5, 5.41) is 3.41. The quantitative estimate of drug-likeness (QED) is 0.291. The van der Waals surface area contributed by atoms with Crippen LogP contribution in [0.2, 0.25) is 0 Å². The summed E-state index contributed by atoms with van der Waals surface area (Å²) >= 11 is 0. The van der Waals surface area contributed by atoms with Crippen LogP contribution in [0.1, 0.15) is 17.5 Å². The van der Waals surface area contributed by atoms with Crippen LogP contribution in [0, 0.1) is 5.92 Å². The molecule has 0 aromatic heterocycles. The second-order valence-electron chi connectivity index (χ2n) is 7.40. The molecule has 31 heavy (non-hydrogen) atoms. The number of carbonyl (C=O) groups is 1. The highest BCUT2D eigenvalue weighted by atomic mass is 127. The number of benzene rings is 2. The van der Waals surface area contributed by atoms with Crippen molar-refractivity contribution in [3.05, 3.63) is 65.7 Å². The maximum atomic E-state index is 10.9. The topological polar surface area (TPSA) is 89.2 Å². The van der Waals surface area contributed by atoms with Crippen molar-refractivity contribution >= 4 is 35.8 Å². The monoisotopic (exact) mass is 538 g/mol. The summed E-state index contributed by atoms with van der Waals surface area (Å²) in [6, 6.07) is 17.8. The van der Waals surface area contributed by atoms with Crippen molar-refractivity contribution in [2.75, 3.05) is 33.4 Å². The Bertz CT molecular complexity index is 848. The summed E-state index contributed by atoms with van der Waals surface area (Å²) < 4.78 is 11.3. The number of nitrogens with one attached hydrogen (secondary N) is 1. The summed E-state index contributed by atoms with van der Waals surface area (Å²) in [7, 11) is 1.80. The molecule has 1 heterocycles. The molecule has 0 bridgehead atoms. The predicted molar refractivity (Wildman–Crippen MR) is 133 cm³/mol. The lowest BCUT2D eigenvalue weighted by atomic mass is 10.1. The lowest BCUT2D eigenvalue weighted by molar-refractivity contribution is -0.119. The first-order chi connectivity index (χ1) is 14.6. The molecule has 168 valence electrons. The van der Waals surface area contributed by atoms with Gasteiger partial charge in [0.05, 0.1) is 13.2 Å². The van der Waals surface area contributed by atoms with Gasteiger partial charge in [-0.1, -0.05) is 42.5 Å². The lowest BCUT2D eigenvalue weighted by Crippen LogP contribution is -2.39. The zero-order valence-electron chi connectivity index (χ0n) is 17.8. The Morgan fingerprint density at radius 3 is 2.71 bits per heavy atom. The fraction of sp³-hybridized carbons (Fsp3) is 0.391. The molecule has 7 nitrogen and oxygen atoms in total. The van der Waals surface area contributed by atoms with Crippen LogP contribution >= 0.6 is 24.0 Å². The number of hydrogen-bond acceptors (Lipinski definition) is 4. The summed E-state index contributed by atoms with van der Waals surface area (Å²) in [6.07, 6.45) is 1.09. The number of hydrogen-bond donors (Lipinski definition) is 2. The summed E-state index contributed by atoms with van der Waals surface area (Å²) in [5.41, 5.74) is 7.37. The Morgan fingerprint density at radius 1 is 1.19 bits per heavy atom. The first-order valence-electron chi connectivity index (χ1n) is 10.2. The zero-order valence-corrected chi connectivity index (χ0v) is 20.2. The second-order valence-corrected chi connectivity index (χ2v) is 7.40. The summed E-state index contributed by atoms with van der Waals surface area (Å²) in [5.74, 6) is 1.51. The molecule has 2 aromatic carbocycles. The lowest BCUT2D eigenvalue weighted by Gasteiger charge is -2.22. The van der Waals surface area contributed by atoms with Gasteiger partial charge < -0.3 is 25.4 Å². The molecule has 1 saturated heterocycles. The largest absolute Gasteiger partial charge is 0.484 e. The van der Waals surface area contributed by atoms with Gasteiger partial charge >= 0.3 is 0 Å². The Kier molecular flexibility index (Phi) is 10.6. The van der Waals surface area contributed by atoms with Crippen molar-refractivity contribution in [3.8, 4) is 5.75 Å². The van der Waals surface area contributed by atoms with Gasteiger partial charge in [-0.3, -0.25) is 9.79 Å². The molecule has 8 heteroatoms. The minimum absolute atomic E-state index is 0. The number of ether oxygens (including phenoxy) is 2. The smallest absolute Gasteiger partial charge is 0.255 e. The van der Waals surface area contributed by atoms with Crippen LogP contribution < -0.4 is 15.8 Å². The molecule has 0 saturated carbocycles. The van der Waals surface area contributed by atoms with E-state index in [2.05, 4.69) is 27.3 Å². The Labute approximate surface area is 201 Å². The first-order valence-corrected chi connectivity index (χ1v) is 10.2. The van der Waals surface area contributed by atoms with Gasteiger partial charge in [0.25, 0.3) is 5.91 Å². The molecule has 1 amide bonds. The summed E-state index contributed by atoms with van der Waals surface area (Å²) in [6.45, 7) is 3.78. The fourth-order valence-corrected chi connectivity index (χ4v) is 3.49. The van der Waals surface area contributed by atoms with Gasteiger partial charge in [0.2, 0.25) is 0 Å². The molecule has 1 aliphatic heterocycles. The molecule has 0 radical (unpaired) electrons. The van der Waals surface area contributed by atoms with E-state index in [1.54, 1.807) is 7.05 Å². The number of primary amides is 1. The third kappa shape index (κ3) is 8.37. The molecular formula is C23H31IN4O3. The van der Waals surface area contributed by atoms with E-state index in [1.165, 1.54) is 5.56 Å². The zero-order chi connectivity index (χ0) is 21.2. The molecule has 0 spiro atoms. The maximum Gasteiger partial charge on any atom is 0.255 e. The molecule has 3 rings (SSSR count). The number of guanidine groups is 1. The highest BCUT2D eigenvalue weighted by Gasteiger charge is 2.25. The first kappa shape index (κ1) is 24.9. The summed E-state index contributed by atoms with van der Waals surface area (Å²) in [4.78, 5) is 17.6. The number of nitrogens with zero attached hydrogens (tertiary/aromatic N) is 2. The van der Waals surface area contributed by atoms with Gasteiger partial charge in [0.15, 0.2) is 12.6 Å². The van der Waals surface area contributed by atoms with E-state index in [9.17, 15) is 4.79 Å². The van der Waals surface area contributed by atoms with Gasteiger partial charge in [-0.05, 0) is 29.7 Å². The third-order valence-electron chi connectivity index (χ3n) is 4.99. The van der Waals surface area contributed by atoms with E-state index in [0.717, 1.165) is 37.6 Å². The van der Waals surface area contributed by atoms with Gasteiger partial charge in [0, 0.05) is 32.6 Å². The van der Waals surface area contributed by atoms with E-state index in [0.29, 0.717) is 24.8 Å². The van der Waals surface area contributed by atoms with Gasteiger partial charge in [-0.15, -0.1) is 24.0 Å². The highest BCUT2D eigenvalue weighted by Crippen LogP contribution is 2.18. The van der Waals surface area contributed by atoms with Crippen molar-refractivity contribution in [1.82, 2.24) is 10.2 Å². The molecule has 1 atom stereocenters. The number of likely N-dealkylation sites (tertiary alicyclic amines) is 1. The number of rotatable bonds is 9. The predicted octanol–water partition coefficient (Wildman–Crippen LogP) is 2.78. The van der Waals surface area contributed by atoms with Crippen LogP contribution in [0.3, 0.4) is 0 Å². The number of aliphatic imine (C=N–C) groups is 1. The Balaban J connectivity index is 0.00000341. The average molecular weight is 538 g/mol. The van der Waals surface area contributed by atoms with Crippen LogP contribution in [0.15, 0.2) is 59.6 Å². The minimum Gasteiger partial charge on any atom is -0.484 e. The average Bonchev–Trinajstić information content (AvgIpc) is 3.22. The van der Waals surface area contributed by atoms with Gasteiger partial charge in [0.1, 0.15) is 5.75 Å².